The molecule has 10 heterocycles. The van der Waals surface area contributed by atoms with Crippen LogP contribution >= 0.6 is 28.3 Å². The second-order valence-corrected chi connectivity index (χ2v) is 51.2. The Labute approximate surface area is 204 Å². The molecule has 0 aromatic heterocycles. The quantitative estimate of drug-likeness (QED) is 0.214. The zero-order valence-corrected chi connectivity index (χ0v) is 26.9. The fourth-order valence-corrected chi connectivity index (χ4v) is 133. The van der Waals surface area contributed by atoms with Crippen LogP contribution in [0.4, 0.5) is 0 Å². The first kappa shape index (κ1) is 21.4. The molecule has 0 aliphatic carbocycles. The fourth-order valence-electron chi connectivity index (χ4n) is 21.6. The molecule has 0 N–H and O–H groups in total. The smallest absolute Gasteiger partial charge is 0 e. The number of fused-ring (bicyclic) bond motifs is 10. The molecule has 5 heteroatoms. The van der Waals surface area contributed by atoms with Crippen LogP contribution in [-0.2, 0) is 26.9 Å². The van der Waals surface area contributed by atoms with Crippen LogP contribution in [0.15, 0.2) is 0 Å². The molecule has 10 saturated heterocycles. The van der Waals surface area contributed by atoms with Gasteiger partial charge in [0.15, 0.2) is 0 Å². The monoisotopic (exact) mass is 616 g/mol. The van der Waals surface area contributed by atoms with Crippen molar-refractivity contribution in [1.82, 2.24) is 0 Å². The Morgan fingerprint density at radius 2 is 0.677 bits per heavy atom. The summed E-state index contributed by atoms with van der Waals surface area (Å²) < 4.78 is 2.08. The number of halogens is 1. The first-order chi connectivity index (χ1) is 12.7. The summed E-state index contributed by atoms with van der Waals surface area (Å²) in [7, 11) is 0.244. The van der Waals surface area contributed by atoms with Gasteiger partial charge in [-0.1, -0.05) is 0 Å². The third kappa shape index (κ3) is 0.426. The first-order valence-corrected chi connectivity index (χ1v) is 21.4. The summed E-state index contributed by atoms with van der Waals surface area (Å²) in [5.74, 6) is 0. The van der Waals surface area contributed by atoms with Gasteiger partial charge in [0.05, 0.1) is 0 Å². The molecule has 1 spiro atoms. The van der Waals surface area contributed by atoms with Gasteiger partial charge in [0.2, 0.25) is 0 Å². The Balaban J connectivity index is 0.000000802. The van der Waals surface area contributed by atoms with E-state index in [0.717, 1.165) is 8.11 Å². The van der Waals surface area contributed by atoms with Crippen LogP contribution in [0.5, 0.6) is 0 Å². The van der Waals surface area contributed by atoms with Crippen LogP contribution in [0.1, 0.15) is 83.1 Å². The molecule has 10 fully saturated rings. The summed E-state index contributed by atoms with van der Waals surface area (Å²) in [5, 5.41) is 2.22. The summed E-state index contributed by atoms with van der Waals surface area (Å²) >= 11 is 0. The number of hydrogen-bond acceptors (Lipinski definition) is 0. The van der Waals surface area contributed by atoms with Crippen molar-refractivity contribution < 1.29 is 26.9 Å². The predicted molar refractivity (Wildman–Crippen MR) is 136 cm³/mol. The summed E-state index contributed by atoms with van der Waals surface area (Å²) in [6.07, 6.45) is 0. The van der Waals surface area contributed by atoms with E-state index in [1.807, 2.05) is 0 Å². The molecule has 0 saturated carbocycles. The van der Waals surface area contributed by atoms with Gasteiger partial charge in [-0.2, -0.15) is 0 Å². The Hall–Kier alpha value is 2.33. The molecule has 31 heavy (non-hydrogen) atoms. The van der Waals surface area contributed by atoms with Gasteiger partial charge in [0.1, 0.15) is 0 Å². The van der Waals surface area contributed by atoms with Gasteiger partial charge in [-0.25, -0.2) is 0 Å². The van der Waals surface area contributed by atoms with Gasteiger partial charge >= 0.3 is 173 Å². The third-order valence-corrected chi connectivity index (χ3v) is 76.8. The van der Waals surface area contributed by atoms with Crippen molar-refractivity contribution in [2.75, 3.05) is 0 Å². The maximum Gasteiger partial charge on any atom is 0 e. The second-order valence-electron chi connectivity index (χ2n) is 19.1. The SMILES string of the molecule is CC(C)(C)P(C(C)(C)C)[C]12[CH]3[CH]4[CH]5[CH]1[Fe]45321678[CH]2[CH]1[CH]6[C]7(P(C(C)(C)C)C(C)(C)C)[CH]28.Cl.[Pd]. The molecule has 0 nitrogen and oxygen atoms in total. The fraction of sp³-hybridized carbons (Fsp3) is 1.00. The van der Waals surface area contributed by atoms with Crippen molar-refractivity contribution in [1.29, 1.82) is 0 Å². The Kier molecular flexibility index (Phi) is 1.71. The van der Waals surface area contributed by atoms with E-state index in [4.69, 9.17) is 0 Å². The average molecular weight is 617 g/mol. The van der Waals surface area contributed by atoms with Gasteiger partial charge in [-0.3, -0.25) is 0 Å². The van der Waals surface area contributed by atoms with Crippen LogP contribution in [-0.4, -0.2) is 28.7 Å². The van der Waals surface area contributed by atoms with Gasteiger partial charge in [0.25, 0.3) is 0 Å². The van der Waals surface area contributed by atoms with E-state index < -0.39 is 6.51 Å². The molecular formula is C26H45ClFeP2Pd. The minimum absolute atomic E-state index is 0. The van der Waals surface area contributed by atoms with Crippen molar-refractivity contribution in [3.05, 3.63) is 0 Å². The van der Waals surface area contributed by atoms with Crippen LogP contribution in [0.2, 0.25) is 38.5 Å². The van der Waals surface area contributed by atoms with Gasteiger partial charge in [-0.05, 0) is 0 Å². The third-order valence-electron chi connectivity index (χ3n) is 18.0. The topological polar surface area (TPSA) is 0 Å². The molecule has 10 aliphatic heterocycles. The molecule has 0 aromatic rings. The number of rotatable bonds is 2. The van der Waals surface area contributed by atoms with E-state index in [9.17, 15) is 0 Å². The molecule has 184 valence electrons. The van der Waals surface area contributed by atoms with Gasteiger partial charge in [-0.15, -0.1) is 12.4 Å². The zero-order chi connectivity index (χ0) is 21.1. The molecule has 8 atom stereocenters. The van der Waals surface area contributed by atoms with Crippen LogP contribution in [0.25, 0.3) is 0 Å². The standard InChI is InChI=1S/2C13H22P.ClH.Fe.Pd/c2*1-12(2,3)14(13(4,5)6)11-9-7-8-10-11;;;/h2*7-10H,1-6H3;1H;;. The van der Waals surface area contributed by atoms with Crippen molar-refractivity contribution >= 4 is 28.3 Å². The first-order valence-electron chi connectivity index (χ1n) is 12.5. The van der Waals surface area contributed by atoms with Crippen LogP contribution in [0, 0.1) is 0 Å². The van der Waals surface area contributed by atoms with E-state index in [1.165, 1.54) is 38.5 Å². The molecular weight excluding hydrogens is 572 g/mol. The van der Waals surface area contributed by atoms with E-state index in [-0.39, 0.29) is 48.7 Å². The Morgan fingerprint density at radius 1 is 0.484 bits per heavy atom. The molecule has 10 rings (SSSR count). The van der Waals surface area contributed by atoms with Gasteiger partial charge < -0.3 is 0 Å². The largest absolute Gasteiger partial charge is 0.147 e. The summed E-state index contributed by atoms with van der Waals surface area (Å²) in [6.45, 7) is 28.7. The molecule has 8 unspecified atom stereocenters. The second kappa shape index (κ2) is 2.47. The van der Waals surface area contributed by atoms with Crippen LogP contribution in [0.3, 0.4) is 0 Å². The average Bonchev–Trinajstić information content (AvgIpc) is 3.36. The minimum Gasteiger partial charge on any atom is -0.147 e. The molecule has 0 aromatic carbocycles. The summed E-state index contributed by atoms with van der Waals surface area (Å²) in [4.78, 5) is 11.4. The normalized spacial score (nSPS) is 75.2. The van der Waals surface area contributed by atoms with Crippen molar-refractivity contribution in [2.24, 2.45) is 0 Å². The van der Waals surface area contributed by atoms with E-state index in [1.54, 1.807) is 0 Å². The molecule has 10 aliphatic rings. The van der Waals surface area contributed by atoms with Crippen molar-refractivity contribution in [3.8, 4) is 0 Å². The van der Waals surface area contributed by atoms with Crippen molar-refractivity contribution in [3.63, 3.8) is 0 Å². The van der Waals surface area contributed by atoms with Crippen LogP contribution < -0.4 is 0 Å². The Morgan fingerprint density at radius 3 is 0.806 bits per heavy atom. The summed E-state index contributed by atoms with van der Waals surface area (Å²) in [5.41, 5.74) is 0. The minimum atomic E-state index is -3.47. The number of hydrogen-bond donors (Lipinski definition) is 0. The summed E-state index contributed by atoms with van der Waals surface area (Å²) in [6, 6.07) is 0. The van der Waals surface area contributed by atoms with E-state index in [2.05, 4.69) is 83.1 Å². The zero-order valence-electron chi connectivity index (χ0n) is 21.6. The predicted octanol–water partition coefficient (Wildman–Crippen LogP) is 9.77. The maximum absolute atomic E-state index is 3.47. The molecule has 0 bridgehead atoms. The Bertz CT molecular complexity index is 1230. The van der Waals surface area contributed by atoms with Crippen molar-refractivity contribution in [2.45, 2.75) is 150 Å². The molecule has 0 radical (unpaired) electrons. The van der Waals surface area contributed by atoms with Gasteiger partial charge in [0, 0.05) is 20.4 Å². The maximum atomic E-state index is 2.68. The van der Waals surface area contributed by atoms with E-state index in [0.29, 0.717) is 20.6 Å². The molecule has 0 amide bonds. The van der Waals surface area contributed by atoms with E-state index >= 15 is 0 Å².